The van der Waals surface area contributed by atoms with Crippen molar-refractivity contribution < 1.29 is 9.53 Å². The molecule has 17 heavy (non-hydrogen) atoms. The second kappa shape index (κ2) is 5.81. The Bertz CT molecular complexity index is 458. The number of halogens is 1. The molecule has 0 spiro atoms. The lowest BCUT2D eigenvalue weighted by Crippen LogP contribution is -2.36. The lowest BCUT2D eigenvalue weighted by Gasteiger charge is -2.20. The SMILES string of the molecule is COC(=O)C(Nc1cn[nH]c(=O)c1Br)C(C)C. The summed E-state index contributed by atoms with van der Waals surface area (Å²) in [5.74, 6) is -0.360. The van der Waals surface area contributed by atoms with Crippen LogP contribution in [-0.4, -0.2) is 29.3 Å². The van der Waals surface area contributed by atoms with E-state index < -0.39 is 6.04 Å². The number of esters is 1. The van der Waals surface area contributed by atoms with Crippen LogP contribution in [0.4, 0.5) is 5.69 Å². The number of hydrogen-bond acceptors (Lipinski definition) is 5. The van der Waals surface area contributed by atoms with Crippen molar-refractivity contribution >= 4 is 27.6 Å². The molecule has 0 radical (unpaired) electrons. The summed E-state index contributed by atoms with van der Waals surface area (Å²) in [6.45, 7) is 3.76. The number of carbonyl (C=O) groups excluding carboxylic acids is 1. The molecule has 1 aromatic heterocycles. The van der Waals surface area contributed by atoms with Gasteiger partial charge in [0.1, 0.15) is 10.5 Å². The van der Waals surface area contributed by atoms with Crippen molar-refractivity contribution in [3.63, 3.8) is 0 Å². The summed E-state index contributed by atoms with van der Waals surface area (Å²) in [6, 6.07) is -0.528. The molecule has 1 rings (SSSR count). The first kappa shape index (κ1) is 13.7. The van der Waals surface area contributed by atoms with Gasteiger partial charge in [0.15, 0.2) is 0 Å². The quantitative estimate of drug-likeness (QED) is 0.815. The first-order valence-corrected chi connectivity index (χ1v) is 5.84. The van der Waals surface area contributed by atoms with Crippen LogP contribution in [0.1, 0.15) is 13.8 Å². The maximum Gasteiger partial charge on any atom is 0.328 e. The van der Waals surface area contributed by atoms with Gasteiger partial charge < -0.3 is 10.1 Å². The van der Waals surface area contributed by atoms with Crippen LogP contribution in [-0.2, 0) is 9.53 Å². The largest absolute Gasteiger partial charge is 0.467 e. The van der Waals surface area contributed by atoms with Crippen LogP contribution >= 0.6 is 15.9 Å². The number of anilines is 1. The van der Waals surface area contributed by atoms with E-state index in [0.29, 0.717) is 10.2 Å². The van der Waals surface area contributed by atoms with E-state index in [-0.39, 0.29) is 17.4 Å². The van der Waals surface area contributed by atoms with Crippen LogP contribution in [0.15, 0.2) is 15.5 Å². The van der Waals surface area contributed by atoms with E-state index in [0.717, 1.165) is 0 Å². The van der Waals surface area contributed by atoms with E-state index in [2.05, 4.69) is 31.4 Å². The van der Waals surface area contributed by atoms with Gasteiger partial charge in [-0.15, -0.1) is 0 Å². The van der Waals surface area contributed by atoms with Crippen LogP contribution in [0.5, 0.6) is 0 Å². The van der Waals surface area contributed by atoms with Crippen LogP contribution in [0.2, 0.25) is 0 Å². The molecule has 1 heterocycles. The molecule has 0 saturated carbocycles. The Labute approximate surface area is 107 Å². The van der Waals surface area contributed by atoms with Crippen molar-refractivity contribution in [3.05, 3.63) is 21.0 Å². The Morgan fingerprint density at radius 2 is 2.24 bits per heavy atom. The number of ether oxygens (including phenoxy) is 1. The van der Waals surface area contributed by atoms with Gasteiger partial charge in [-0.25, -0.2) is 9.89 Å². The summed E-state index contributed by atoms with van der Waals surface area (Å²) >= 11 is 3.13. The monoisotopic (exact) mass is 303 g/mol. The lowest BCUT2D eigenvalue weighted by atomic mass is 10.0. The fourth-order valence-corrected chi connectivity index (χ4v) is 1.58. The van der Waals surface area contributed by atoms with Gasteiger partial charge in [0.2, 0.25) is 0 Å². The Morgan fingerprint density at radius 3 is 2.76 bits per heavy atom. The second-order valence-electron chi connectivity index (χ2n) is 3.82. The Kier molecular flexibility index (Phi) is 4.68. The molecule has 0 amide bonds. The summed E-state index contributed by atoms with van der Waals surface area (Å²) in [5, 5.41) is 8.87. The molecule has 0 aliphatic rings. The predicted molar refractivity (Wildman–Crippen MR) is 66.8 cm³/mol. The summed E-state index contributed by atoms with van der Waals surface area (Å²) in [4.78, 5) is 22.9. The molecule has 0 aromatic carbocycles. The summed E-state index contributed by atoms with van der Waals surface area (Å²) in [5.41, 5.74) is 0.0974. The Balaban J connectivity index is 2.98. The lowest BCUT2D eigenvalue weighted by molar-refractivity contribution is -0.142. The first-order chi connectivity index (χ1) is 7.97. The van der Waals surface area contributed by atoms with E-state index in [1.54, 1.807) is 0 Å². The molecule has 7 heteroatoms. The highest BCUT2D eigenvalue weighted by Gasteiger charge is 2.23. The maximum absolute atomic E-state index is 11.5. The highest BCUT2D eigenvalue weighted by molar-refractivity contribution is 9.10. The molecular weight excluding hydrogens is 290 g/mol. The van der Waals surface area contributed by atoms with E-state index in [1.807, 2.05) is 13.8 Å². The van der Waals surface area contributed by atoms with Crippen molar-refractivity contribution in [1.29, 1.82) is 0 Å². The van der Waals surface area contributed by atoms with Crippen LogP contribution < -0.4 is 10.9 Å². The third-order valence-electron chi connectivity index (χ3n) is 2.23. The Morgan fingerprint density at radius 1 is 1.59 bits per heavy atom. The number of aromatic nitrogens is 2. The van der Waals surface area contributed by atoms with Gasteiger partial charge in [0, 0.05) is 0 Å². The molecule has 0 aliphatic carbocycles. The summed E-state index contributed by atoms with van der Waals surface area (Å²) in [7, 11) is 1.32. The van der Waals surface area contributed by atoms with Gasteiger partial charge in [-0.3, -0.25) is 4.79 Å². The molecule has 94 valence electrons. The molecular formula is C10H14BrN3O3. The molecule has 1 unspecified atom stereocenters. The molecule has 6 nitrogen and oxygen atoms in total. The van der Waals surface area contributed by atoms with Crippen molar-refractivity contribution in [2.75, 3.05) is 12.4 Å². The van der Waals surface area contributed by atoms with Crippen molar-refractivity contribution in [2.24, 2.45) is 5.92 Å². The number of rotatable bonds is 4. The zero-order valence-corrected chi connectivity index (χ0v) is 11.4. The fourth-order valence-electron chi connectivity index (χ4n) is 1.28. The molecule has 0 aliphatic heterocycles. The number of H-pyrrole nitrogens is 1. The third kappa shape index (κ3) is 3.29. The van der Waals surface area contributed by atoms with Gasteiger partial charge in [-0.2, -0.15) is 5.10 Å². The van der Waals surface area contributed by atoms with Gasteiger partial charge in [-0.1, -0.05) is 13.8 Å². The molecule has 1 atom stereocenters. The number of nitrogens with zero attached hydrogens (tertiary/aromatic N) is 1. The minimum atomic E-state index is -0.528. The zero-order valence-electron chi connectivity index (χ0n) is 9.78. The zero-order chi connectivity index (χ0) is 13.0. The molecule has 2 N–H and O–H groups in total. The molecule has 0 bridgehead atoms. The van der Waals surface area contributed by atoms with Gasteiger partial charge in [-0.05, 0) is 21.8 Å². The molecule has 0 fully saturated rings. The van der Waals surface area contributed by atoms with Gasteiger partial charge >= 0.3 is 5.97 Å². The highest BCUT2D eigenvalue weighted by atomic mass is 79.9. The summed E-state index contributed by atoms with van der Waals surface area (Å²) in [6.07, 6.45) is 1.43. The molecule has 1 aromatic rings. The smallest absolute Gasteiger partial charge is 0.328 e. The molecule has 0 saturated heterocycles. The second-order valence-corrected chi connectivity index (χ2v) is 4.61. The fraction of sp³-hybridized carbons (Fsp3) is 0.500. The summed E-state index contributed by atoms with van der Waals surface area (Å²) < 4.78 is 5.00. The topological polar surface area (TPSA) is 84.1 Å². The minimum absolute atomic E-state index is 0.0219. The number of methoxy groups -OCH3 is 1. The number of aromatic amines is 1. The van der Waals surface area contributed by atoms with E-state index in [9.17, 15) is 9.59 Å². The van der Waals surface area contributed by atoms with Crippen molar-refractivity contribution in [1.82, 2.24) is 10.2 Å². The van der Waals surface area contributed by atoms with Crippen molar-refractivity contribution in [3.8, 4) is 0 Å². The van der Waals surface area contributed by atoms with E-state index in [4.69, 9.17) is 4.74 Å². The van der Waals surface area contributed by atoms with Crippen LogP contribution in [0.25, 0.3) is 0 Å². The first-order valence-electron chi connectivity index (χ1n) is 5.05. The van der Waals surface area contributed by atoms with E-state index in [1.165, 1.54) is 13.3 Å². The Hall–Kier alpha value is -1.37. The third-order valence-corrected chi connectivity index (χ3v) is 3.02. The van der Waals surface area contributed by atoms with Crippen LogP contribution in [0.3, 0.4) is 0 Å². The van der Waals surface area contributed by atoms with Gasteiger partial charge in [0.05, 0.1) is 19.0 Å². The number of nitrogens with one attached hydrogen (secondary N) is 2. The van der Waals surface area contributed by atoms with Gasteiger partial charge in [0.25, 0.3) is 5.56 Å². The normalized spacial score (nSPS) is 12.3. The van der Waals surface area contributed by atoms with Crippen LogP contribution in [0, 0.1) is 5.92 Å². The highest BCUT2D eigenvalue weighted by Crippen LogP contribution is 2.19. The standard InChI is InChI=1S/C10H14BrN3O3/c1-5(2)8(10(16)17-3)13-6-4-12-14-9(15)7(6)11/h4-5,8H,1-3H3,(H2,13,14,15). The number of carbonyl (C=O) groups is 1. The van der Waals surface area contributed by atoms with E-state index >= 15 is 0 Å². The number of hydrogen-bond donors (Lipinski definition) is 2. The average molecular weight is 304 g/mol. The van der Waals surface area contributed by atoms with Crippen molar-refractivity contribution in [2.45, 2.75) is 19.9 Å². The maximum atomic E-state index is 11.5. The minimum Gasteiger partial charge on any atom is -0.467 e. The predicted octanol–water partition coefficient (Wildman–Crippen LogP) is 1.14. The average Bonchev–Trinajstić information content (AvgIpc) is 2.29.